The molecular formula is C11H11FO. The van der Waals surface area contributed by atoms with Crippen LogP contribution >= 0.6 is 0 Å². The van der Waals surface area contributed by atoms with E-state index < -0.39 is 0 Å². The van der Waals surface area contributed by atoms with Crippen LogP contribution in [0.25, 0.3) is 0 Å². The van der Waals surface area contributed by atoms with E-state index in [1.54, 1.807) is 6.07 Å². The number of fused-ring (bicyclic) bond motifs is 1. The fourth-order valence-corrected chi connectivity index (χ4v) is 1.86. The summed E-state index contributed by atoms with van der Waals surface area (Å²) in [6.45, 7) is 2.05. The van der Waals surface area contributed by atoms with E-state index in [0.717, 1.165) is 12.0 Å². The highest BCUT2D eigenvalue weighted by Gasteiger charge is 2.22. The van der Waals surface area contributed by atoms with Crippen LogP contribution in [0.5, 0.6) is 0 Å². The monoisotopic (exact) mass is 178 g/mol. The van der Waals surface area contributed by atoms with Gasteiger partial charge in [-0.25, -0.2) is 4.39 Å². The van der Waals surface area contributed by atoms with Gasteiger partial charge in [0.2, 0.25) is 0 Å². The number of carbonyl (C=O) groups excluding carboxylic acids is 1. The molecule has 2 heteroatoms. The molecule has 1 atom stereocenters. The molecule has 1 aromatic carbocycles. The lowest BCUT2D eigenvalue weighted by Crippen LogP contribution is -2.17. The summed E-state index contributed by atoms with van der Waals surface area (Å²) in [5, 5.41) is 0. The van der Waals surface area contributed by atoms with E-state index in [-0.39, 0.29) is 11.6 Å². The maximum atomic E-state index is 12.8. The summed E-state index contributed by atoms with van der Waals surface area (Å²) in [6.07, 6.45) is 1.44. The van der Waals surface area contributed by atoms with Gasteiger partial charge in [0.25, 0.3) is 0 Å². The summed E-state index contributed by atoms with van der Waals surface area (Å²) in [6, 6.07) is 4.49. The van der Waals surface area contributed by atoms with Crippen molar-refractivity contribution in [3.8, 4) is 0 Å². The Bertz CT molecular complexity index is 357. The van der Waals surface area contributed by atoms with Gasteiger partial charge in [-0.2, -0.15) is 0 Å². The Morgan fingerprint density at radius 2 is 2.15 bits per heavy atom. The van der Waals surface area contributed by atoms with Crippen LogP contribution in [-0.4, -0.2) is 5.78 Å². The Labute approximate surface area is 76.6 Å². The fourth-order valence-electron chi connectivity index (χ4n) is 1.86. The molecule has 0 amide bonds. The van der Waals surface area contributed by atoms with Gasteiger partial charge < -0.3 is 0 Å². The van der Waals surface area contributed by atoms with Crippen LogP contribution in [0.4, 0.5) is 4.39 Å². The topological polar surface area (TPSA) is 17.1 Å². The molecule has 0 bridgehead atoms. The standard InChI is InChI=1S/C11H11FO/c1-7-4-8-2-3-9(12)6-10(8)11(13)5-7/h2-3,6-7H,4-5H2,1H3. The van der Waals surface area contributed by atoms with Crippen molar-refractivity contribution in [2.24, 2.45) is 5.92 Å². The molecule has 0 fully saturated rings. The smallest absolute Gasteiger partial charge is 0.163 e. The molecular weight excluding hydrogens is 167 g/mol. The fraction of sp³-hybridized carbons (Fsp3) is 0.364. The summed E-state index contributed by atoms with van der Waals surface area (Å²) in [4.78, 5) is 11.5. The van der Waals surface area contributed by atoms with Gasteiger partial charge >= 0.3 is 0 Å². The van der Waals surface area contributed by atoms with Gasteiger partial charge in [0.1, 0.15) is 5.82 Å². The minimum absolute atomic E-state index is 0.0771. The first kappa shape index (κ1) is 8.42. The van der Waals surface area contributed by atoms with Crippen LogP contribution in [0.3, 0.4) is 0 Å². The molecule has 0 spiro atoms. The number of benzene rings is 1. The molecule has 0 aromatic heterocycles. The molecule has 0 N–H and O–H groups in total. The second-order valence-electron chi connectivity index (χ2n) is 3.74. The van der Waals surface area contributed by atoms with Crippen molar-refractivity contribution in [1.82, 2.24) is 0 Å². The number of hydrogen-bond donors (Lipinski definition) is 0. The quantitative estimate of drug-likeness (QED) is 0.596. The van der Waals surface area contributed by atoms with Crippen LogP contribution < -0.4 is 0 Å². The molecule has 1 aliphatic rings. The van der Waals surface area contributed by atoms with Crippen LogP contribution in [0.1, 0.15) is 29.3 Å². The zero-order valence-electron chi connectivity index (χ0n) is 7.51. The lowest BCUT2D eigenvalue weighted by Gasteiger charge is -2.19. The van der Waals surface area contributed by atoms with Crippen molar-refractivity contribution < 1.29 is 9.18 Å². The first-order valence-corrected chi connectivity index (χ1v) is 4.48. The lowest BCUT2D eigenvalue weighted by atomic mass is 9.84. The second kappa shape index (κ2) is 2.95. The Hall–Kier alpha value is -1.18. The molecule has 0 saturated carbocycles. The molecule has 0 saturated heterocycles. The molecule has 1 unspecified atom stereocenters. The summed E-state index contributed by atoms with van der Waals surface area (Å²) >= 11 is 0. The number of Topliss-reactive ketones (excluding diaryl/α,β-unsaturated/α-hetero) is 1. The van der Waals surface area contributed by atoms with E-state index in [2.05, 4.69) is 0 Å². The molecule has 1 aliphatic carbocycles. The number of rotatable bonds is 0. The van der Waals surface area contributed by atoms with E-state index in [0.29, 0.717) is 17.9 Å². The van der Waals surface area contributed by atoms with Gasteiger partial charge in [0.05, 0.1) is 0 Å². The van der Waals surface area contributed by atoms with Gasteiger partial charge in [0.15, 0.2) is 5.78 Å². The summed E-state index contributed by atoms with van der Waals surface area (Å²) in [5.74, 6) is 0.153. The average molecular weight is 178 g/mol. The Kier molecular flexibility index (Phi) is 1.91. The maximum absolute atomic E-state index is 12.8. The zero-order chi connectivity index (χ0) is 9.42. The first-order valence-electron chi connectivity index (χ1n) is 4.48. The predicted octanol–water partition coefficient (Wildman–Crippen LogP) is 2.59. The largest absolute Gasteiger partial charge is 0.294 e. The Morgan fingerprint density at radius 1 is 1.38 bits per heavy atom. The highest BCUT2D eigenvalue weighted by atomic mass is 19.1. The number of hydrogen-bond acceptors (Lipinski definition) is 1. The summed E-state index contributed by atoms with van der Waals surface area (Å²) < 4.78 is 12.8. The third-order valence-electron chi connectivity index (χ3n) is 2.47. The third kappa shape index (κ3) is 1.48. The highest BCUT2D eigenvalue weighted by molar-refractivity contribution is 5.98. The van der Waals surface area contributed by atoms with Crippen molar-refractivity contribution in [3.05, 3.63) is 35.1 Å². The number of ketones is 1. The van der Waals surface area contributed by atoms with Gasteiger partial charge in [-0.1, -0.05) is 13.0 Å². The summed E-state index contributed by atoms with van der Waals surface area (Å²) in [7, 11) is 0. The molecule has 1 nitrogen and oxygen atoms in total. The summed E-state index contributed by atoms with van der Waals surface area (Å²) in [5.41, 5.74) is 1.57. The third-order valence-corrected chi connectivity index (χ3v) is 2.47. The van der Waals surface area contributed by atoms with E-state index in [4.69, 9.17) is 0 Å². The zero-order valence-corrected chi connectivity index (χ0v) is 7.51. The predicted molar refractivity (Wildman–Crippen MR) is 48.2 cm³/mol. The number of carbonyl (C=O) groups is 1. The van der Waals surface area contributed by atoms with Gasteiger partial charge in [-0.3, -0.25) is 4.79 Å². The SMILES string of the molecule is CC1CC(=O)c2cc(F)ccc2C1. The van der Waals surface area contributed by atoms with E-state index >= 15 is 0 Å². The van der Waals surface area contributed by atoms with E-state index in [1.165, 1.54) is 12.1 Å². The van der Waals surface area contributed by atoms with E-state index in [1.807, 2.05) is 6.92 Å². The molecule has 0 heterocycles. The average Bonchev–Trinajstić information content (AvgIpc) is 2.06. The van der Waals surface area contributed by atoms with Crippen molar-refractivity contribution in [2.75, 3.05) is 0 Å². The van der Waals surface area contributed by atoms with Gasteiger partial charge in [-0.15, -0.1) is 0 Å². The molecule has 1 aromatic rings. The molecule has 13 heavy (non-hydrogen) atoms. The highest BCUT2D eigenvalue weighted by Crippen LogP contribution is 2.25. The van der Waals surface area contributed by atoms with Crippen molar-refractivity contribution >= 4 is 5.78 Å². The van der Waals surface area contributed by atoms with Crippen LogP contribution in [-0.2, 0) is 6.42 Å². The maximum Gasteiger partial charge on any atom is 0.163 e. The van der Waals surface area contributed by atoms with Crippen LogP contribution in [0, 0.1) is 11.7 Å². The second-order valence-corrected chi connectivity index (χ2v) is 3.74. The molecule has 0 aliphatic heterocycles. The molecule has 2 rings (SSSR count). The first-order chi connectivity index (χ1) is 6.16. The van der Waals surface area contributed by atoms with Crippen molar-refractivity contribution in [1.29, 1.82) is 0 Å². The van der Waals surface area contributed by atoms with Crippen molar-refractivity contribution in [3.63, 3.8) is 0 Å². The molecule has 68 valence electrons. The van der Waals surface area contributed by atoms with Crippen LogP contribution in [0.2, 0.25) is 0 Å². The Balaban J connectivity index is 2.49. The van der Waals surface area contributed by atoms with Crippen LogP contribution in [0.15, 0.2) is 18.2 Å². The van der Waals surface area contributed by atoms with Gasteiger partial charge in [-0.05, 0) is 30.0 Å². The molecule has 0 radical (unpaired) electrons. The minimum Gasteiger partial charge on any atom is -0.294 e. The minimum atomic E-state index is -0.318. The lowest BCUT2D eigenvalue weighted by molar-refractivity contribution is 0.0953. The Morgan fingerprint density at radius 3 is 2.92 bits per heavy atom. The van der Waals surface area contributed by atoms with Crippen molar-refractivity contribution in [2.45, 2.75) is 19.8 Å². The normalized spacial score (nSPS) is 21.4. The van der Waals surface area contributed by atoms with Gasteiger partial charge in [0, 0.05) is 12.0 Å². The number of halogens is 1. The van der Waals surface area contributed by atoms with E-state index in [9.17, 15) is 9.18 Å².